The Morgan fingerprint density at radius 2 is 2.12 bits per heavy atom. The van der Waals surface area contributed by atoms with E-state index in [0.29, 0.717) is 16.3 Å². The molecule has 1 aliphatic carbocycles. The predicted molar refractivity (Wildman–Crippen MR) is 64.1 cm³/mol. The van der Waals surface area contributed by atoms with Crippen molar-refractivity contribution in [2.75, 3.05) is 0 Å². The third kappa shape index (κ3) is 2.65. The van der Waals surface area contributed by atoms with Crippen molar-refractivity contribution in [2.45, 2.75) is 37.8 Å². The van der Waals surface area contributed by atoms with Crippen molar-refractivity contribution in [3.05, 3.63) is 22.6 Å². The Bertz CT molecular complexity index is 370. The van der Waals surface area contributed by atoms with Crippen molar-refractivity contribution in [2.24, 2.45) is 5.73 Å². The number of nitrogens with two attached hydrogens (primary N) is 1. The molecule has 1 saturated carbocycles. The second-order valence-corrected chi connectivity index (χ2v) is 5.04. The molecule has 2 rings (SSSR count). The number of nitrogens with one attached hydrogen (secondary N) is 1. The van der Waals surface area contributed by atoms with Crippen molar-refractivity contribution < 1.29 is 9.21 Å². The summed E-state index contributed by atoms with van der Waals surface area (Å²) in [4.78, 5) is 11.8. The standard InChI is InChI=1S/C11H15BrN2O2/c12-9-5-6-16-10(9)11(15)14-8-3-1-7(13)2-4-8/h5-8H,1-4,13H2,(H,14,15). The zero-order valence-electron chi connectivity index (χ0n) is 8.91. The van der Waals surface area contributed by atoms with Crippen LogP contribution < -0.4 is 11.1 Å². The quantitative estimate of drug-likeness (QED) is 0.874. The summed E-state index contributed by atoms with van der Waals surface area (Å²) in [6.45, 7) is 0. The van der Waals surface area contributed by atoms with Gasteiger partial charge in [0.2, 0.25) is 5.76 Å². The highest BCUT2D eigenvalue weighted by Crippen LogP contribution is 2.20. The Morgan fingerprint density at radius 1 is 1.44 bits per heavy atom. The van der Waals surface area contributed by atoms with Crippen LogP contribution in [0.5, 0.6) is 0 Å². The smallest absolute Gasteiger partial charge is 0.288 e. The van der Waals surface area contributed by atoms with Gasteiger partial charge in [-0.05, 0) is 47.7 Å². The molecule has 1 aromatic rings. The lowest BCUT2D eigenvalue weighted by Gasteiger charge is -2.26. The normalized spacial score (nSPS) is 25.4. The molecule has 1 amide bonds. The molecule has 0 unspecified atom stereocenters. The minimum atomic E-state index is -0.155. The molecule has 0 bridgehead atoms. The largest absolute Gasteiger partial charge is 0.458 e. The average molecular weight is 287 g/mol. The van der Waals surface area contributed by atoms with Gasteiger partial charge in [0.1, 0.15) is 0 Å². The van der Waals surface area contributed by atoms with E-state index < -0.39 is 0 Å². The molecule has 0 radical (unpaired) electrons. The number of amides is 1. The fraction of sp³-hybridized carbons (Fsp3) is 0.545. The first-order valence-electron chi connectivity index (χ1n) is 5.46. The Kier molecular flexibility index (Phi) is 3.66. The van der Waals surface area contributed by atoms with Crippen LogP contribution in [0.4, 0.5) is 0 Å². The van der Waals surface area contributed by atoms with E-state index in [4.69, 9.17) is 10.2 Å². The Morgan fingerprint density at radius 3 is 2.69 bits per heavy atom. The number of carbonyl (C=O) groups excluding carboxylic acids is 1. The van der Waals surface area contributed by atoms with Crippen molar-refractivity contribution >= 4 is 21.8 Å². The highest BCUT2D eigenvalue weighted by molar-refractivity contribution is 9.10. The maximum atomic E-state index is 11.8. The fourth-order valence-electron chi connectivity index (χ4n) is 1.97. The second-order valence-electron chi connectivity index (χ2n) is 4.18. The summed E-state index contributed by atoms with van der Waals surface area (Å²) in [5.41, 5.74) is 5.81. The van der Waals surface area contributed by atoms with Crippen LogP contribution >= 0.6 is 15.9 Å². The third-order valence-electron chi connectivity index (χ3n) is 2.93. The lowest BCUT2D eigenvalue weighted by atomic mass is 9.92. The molecular formula is C11H15BrN2O2. The number of hydrogen-bond donors (Lipinski definition) is 2. The van der Waals surface area contributed by atoms with Crippen molar-refractivity contribution in [3.63, 3.8) is 0 Å². The SMILES string of the molecule is NC1CCC(NC(=O)c2occc2Br)CC1. The summed E-state index contributed by atoms with van der Waals surface area (Å²) in [6, 6.07) is 2.24. The maximum absolute atomic E-state index is 11.8. The molecule has 1 heterocycles. The minimum Gasteiger partial charge on any atom is -0.458 e. The summed E-state index contributed by atoms with van der Waals surface area (Å²) in [5, 5.41) is 2.96. The number of hydrogen-bond acceptors (Lipinski definition) is 3. The van der Waals surface area contributed by atoms with Crippen molar-refractivity contribution in [1.82, 2.24) is 5.32 Å². The van der Waals surface area contributed by atoms with Crippen molar-refractivity contribution in [3.8, 4) is 0 Å². The van der Waals surface area contributed by atoms with Crippen LogP contribution in [-0.2, 0) is 0 Å². The molecule has 0 spiro atoms. The molecule has 4 nitrogen and oxygen atoms in total. The van der Waals surface area contributed by atoms with E-state index in [1.807, 2.05) is 0 Å². The molecule has 1 aromatic heterocycles. The van der Waals surface area contributed by atoms with Gasteiger partial charge in [-0.25, -0.2) is 0 Å². The maximum Gasteiger partial charge on any atom is 0.288 e. The predicted octanol–water partition coefficient (Wildman–Crippen LogP) is 2.04. The molecule has 0 atom stereocenters. The average Bonchev–Trinajstić information content (AvgIpc) is 2.68. The summed E-state index contributed by atoms with van der Waals surface area (Å²) < 4.78 is 5.80. The van der Waals surface area contributed by atoms with E-state index in [1.54, 1.807) is 6.07 Å². The second kappa shape index (κ2) is 5.01. The van der Waals surface area contributed by atoms with Gasteiger partial charge in [0.05, 0.1) is 10.7 Å². The molecular weight excluding hydrogens is 272 g/mol. The van der Waals surface area contributed by atoms with Crippen molar-refractivity contribution in [1.29, 1.82) is 0 Å². The lowest BCUT2D eigenvalue weighted by Crippen LogP contribution is -2.40. The Balaban J connectivity index is 1.91. The van der Waals surface area contributed by atoms with E-state index in [0.717, 1.165) is 25.7 Å². The van der Waals surface area contributed by atoms with Crippen LogP contribution in [0.15, 0.2) is 21.2 Å². The topological polar surface area (TPSA) is 68.3 Å². The van der Waals surface area contributed by atoms with E-state index in [9.17, 15) is 4.79 Å². The summed E-state index contributed by atoms with van der Waals surface area (Å²) >= 11 is 3.27. The molecule has 1 aliphatic rings. The summed E-state index contributed by atoms with van der Waals surface area (Å²) in [5.74, 6) is 0.187. The van der Waals surface area contributed by atoms with Crippen LogP contribution in [0.3, 0.4) is 0 Å². The van der Waals surface area contributed by atoms with Crippen LogP contribution in [0.25, 0.3) is 0 Å². The van der Waals surface area contributed by atoms with E-state index in [-0.39, 0.29) is 11.9 Å². The zero-order chi connectivity index (χ0) is 11.5. The van der Waals surface area contributed by atoms with E-state index in [1.165, 1.54) is 6.26 Å². The molecule has 0 aromatic carbocycles. The van der Waals surface area contributed by atoms with Gasteiger partial charge in [-0.2, -0.15) is 0 Å². The van der Waals surface area contributed by atoms with Crippen LogP contribution in [-0.4, -0.2) is 18.0 Å². The molecule has 0 aliphatic heterocycles. The monoisotopic (exact) mass is 286 g/mol. The van der Waals surface area contributed by atoms with Gasteiger partial charge in [-0.1, -0.05) is 0 Å². The highest BCUT2D eigenvalue weighted by Gasteiger charge is 2.22. The van der Waals surface area contributed by atoms with Gasteiger partial charge in [-0.15, -0.1) is 0 Å². The first-order chi connectivity index (χ1) is 7.66. The van der Waals surface area contributed by atoms with Gasteiger partial charge < -0.3 is 15.5 Å². The van der Waals surface area contributed by atoms with Crippen LogP contribution in [0.2, 0.25) is 0 Å². The van der Waals surface area contributed by atoms with E-state index >= 15 is 0 Å². The molecule has 16 heavy (non-hydrogen) atoms. The highest BCUT2D eigenvalue weighted by atomic mass is 79.9. The number of rotatable bonds is 2. The lowest BCUT2D eigenvalue weighted by molar-refractivity contribution is 0.0896. The Hall–Kier alpha value is -0.810. The van der Waals surface area contributed by atoms with E-state index in [2.05, 4.69) is 21.2 Å². The molecule has 5 heteroatoms. The zero-order valence-corrected chi connectivity index (χ0v) is 10.5. The number of halogens is 1. The van der Waals surface area contributed by atoms with Crippen LogP contribution in [0, 0.1) is 0 Å². The Labute approximate surface area is 103 Å². The molecule has 0 saturated heterocycles. The first-order valence-corrected chi connectivity index (χ1v) is 6.25. The fourth-order valence-corrected chi connectivity index (χ4v) is 2.35. The van der Waals surface area contributed by atoms with Gasteiger partial charge in [0.15, 0.2) is 0 Å². The van der Waals surface area contributed by atoms with Gasteiger partial charge >= 0.3 is 0 Å². The van der Waals surface area contributed by atoms with Gasteiger partial charge in [0.25, 0.3) is 5.91 Å². The molecule has 88 valence electrons. The summed E-state index contributed by atoms with van der Waals surface area (Å²) in [6.07, 6.45) is 5.35. The van der Waals surface area contributed by atoms with Crippen LogP contribution in [0.1, 0.15) is 36.2 Å². The molecule has 3 N–H and O–H groups in total. The minimum absolute atomic E-state index is 0.155. The number of carbonyl (C=O) groups is 1. The first kappa shape index (κ1) is 11.7. The molecule has 1 fully saturated rings. The number of furan rings is 1. The van der Waals surface area contributed by atoms with Gasteiger partial charge in [-0.3, -0.25) is 4.79 Å². The van der Waals surface area contributed by atoms with Gasteiger partial charge in [0, 0.05) is 12.1 Å². The summed E-state index contributed by atoms with van der Waals surface area (Å²) in [7, 11) is 0. The third-order valence-corrected chi connectivity index (χ3v) is 3.55.